The van der Waals surface area contributed by atoms with Crippen LogP contribution in [-0.4, -0.2) is 34.0 Å². The van der Waals surface area contributed by atoms with Crippen LogP contribution >= 0.6 is 0 Å². The monoisotopic (exact) mass is 387 g/mol. The fourth-order valence-corrected chi connectivity index (χ4v) is 4.98. The molecule has 4 heteroatoms. The van der Waals surface area contributed by atoms with E-state index in [9.17, 15) is 4.39 Å². The van der Waals surface area contributed by atoms with Crippen molar-refractivity contribution in [1.82, 2.24) is 14.9 Å². The van der Waals surface area contributed by atoms with Crippen molar-refractivity contribution in [2.75, 3.05) is 13.1 Å². The van der Waals surface area contributed by atoms with E-state index in [1.165, 1.54) is 41.8 Å². The second-order valence-corrected chi connectivity index (χ2v) is 9.04. The minimum absolute atomic E-state index is 0.218. The first-order chi connectivity index (χ1) is 14.0. The van der Waals surface area contributed by atoms with E-state index in [1.807, 2.05) is 36.7 Å². The van der Waals surface area contributed by atoms with Crippen LogP contribution in [0, 0.1) is 11.2 Å². The van der Waals surface area contributed by atoms with E-state index in [2.05, 4.69) is 41.0 Å². The van der Waals surface area contributed by atoms with E-state index in [0.29, 0.717) is 11.5 Å². The molecule has 1 aromatic carbocycles. The summed E-state index contributed by atoms with van der Waals surface area (Å²) < 4.78 is 13.5. The van der Waals surface area contributed by atoms with Crippen molar-refractivity contribution in [2.24, 2.45) is 5.41 Å². The number of hydrogen-bond donors (Lipinski definition) is 1. The second kappa shape index (κ2) is 6.96. The van der Waals surface area contributed by atoms with Crippen LogP contribution in [0.5, 0.6) is 0 Å². The molecular weight excluding hydrogens is 361 g/mol. The molecule has 29 heavy (non-hydrogen) atoms. The minimum atomic E-state index is -0.218. The first-order valence-corrected chi connectivity index (χ1v) is 10.3. The number of fused-ring (bicyclic) bond motifs is 1. The smallest absolute Gasteiger partial charge is 0.123 e. The van der Waals surface area contributed by atoms with Gasteiger partial charge in [0.1, 0.15) is 5.82 Å². The Morgan fingerprint density at radius 2 is 1.83 bits per heavy atom. The topological polar surface area (TPSA) is 31.9 Å². The lowest BCUT2D eigenvalue weighted by Crippen LogP contribution is -2.33. The van der Waals surface area contributed by atoms with Gasteiger partial charge in [-0.15, -0.1) is 0 Å². The highest BCUT2D eigenvalue weighted by molar-refractivity contribution is 5.91. The van der Waals surface area contributed by atoms with Gasteiger partial charge in [-0.05, 0) is 71.4 Å². The van der Waals surface area contributed by atoms with Gasteiger partial charge >= 0.3 is 0 Å². The maximum absolute atomic E-state index is 13.5. The number of halogens is 1. The molecule has 0 bridgehead atoms. The van der Waals surface area contributed by atoms with Gasteiger partial charge in [-0.2, -0.15) is 0 Å². The predicted octanol–water partition coefficient (Wildman–Crippen LogP) is 5.77. The van der Waals surface area contributed by atoms with Crippen LogP contribution in [-0.2, 0) is 0 Å². The van der Waals surface area contributed by atoms with Gasteiger partial charge in [0.05, 0.1) is 5.69 Å². The standard InChI is InChI=1S/C25H26FN3/c1-25(2)14-21-13-19(9-12-29(21)16-25)22-15-28-24(18-3-5-20(26)6-4-18)23(22)17-7-10-27-11-8-17/h3-8,10-11,13,15,21,28H,9,12,14,16H2,1-2H3. The van der Waals surface area contributed by atoms with Crippen LogP contribution in [0.1, 0.15) is 32.3 Å². The summed E-state index contributed by atoms with van der Waals surface area (Å²) >= 11 is 0. The molecule has 3 aromatic rings. The van der Waals surface area contributed by atoms with Crippen molar-refractivity contribution >= 4 is 5.57 Å². The number of aromatic amines is 1. The molecule has 0 amide bonds. The van der Waals surface area contributed by atoms with Gasteiger partial charge in [0, 0.05) is 48.8 Å². The molecule has 4 heterocycles. The molecule has 0 saturated carbocycles. The SMILES string of the molecule is CC1(C)CC2C=C(c3c[nH]c(-c4ccc(F)cc4)c3-c3ccncc3)CCN2C1. The predicted molar refractivity (Wildman–Crippen MR) is 116 cm³/mol. The van der Waals surface area contributed by atoms with E-state index in [0.717, 1.165) is 29.8 Å². The molecule has 1 unspecified atom stereocenters. The van der Waals surface area contributed by atoms with E-state index in [4.69, 9.17) is 0 Å². The Balaban J connectivity index is 1.62. The molecule has 5 rings (SSSR count). The maximum atomic E-state index is 13.5. The number of benzene rings is 1. The average Bonchev–Trinajstić information content (AvgIpc) is 3.28. The largest absolute Gasteiger partial charge is 0.360 e. The summed E-state index contributed by atoms with van der Waals surface area (Å²) in [6, 6.07) is 11.3. The Bertz CT molecular complexity index is 1050. The Labute approximate surface area is 171 Å². The zero-order valence-electron chi connectivity index (χ0n) is 17.0. The molecular formula is C25H26FN3. The van der Waals surface area contributed by atoms with Gasteiger partial charge in [-0.25, -0.2) is 4.39 Å². The summed E-state index contributed by atoms with van der Waals surface area (Å²) in [5.74, 6) is -0.218. The third-order valence-corrected chi connectivity index (χ3v) is 6.25. The lowest BCUT2D eigenvalue weighted by Gasteiger charge is -2.28. The zero-order chi connectivity index (χ0) is 20.0. The van der Waals surface area contributed by atoms with Gasteiger partial charge in [-0.1, -0.05) is 19.9 Å². The molecule has 2 aromatic heterocycles. The van der Waals surface area contributed by atoms with E-state index < -0.39 is 0 Å². The fraction of sp³-hybridized carbons (Fsp3) is 0.320. The highest BCUT2D eigenvalue weighted by Crippen LogP contribution is 2.43. The lowest BCUT2D eigenvalue weighted by atomic mass is 9.88. The number of rotatable bonds is 3. The highest BCUT2D eigenvalue weighted by Gasteiger charge is 2.38. The van der Waals surface area contributed by atoms with Gasteiger partial charge in [-0.3, -0.25) is 9.88 Å². The zero-order valence-corrected chi connectivity index (χ0v) is 17.0. The molecule has 0 radical (unpaired) electrons. The van der Waals surface area contributed by atoms with Crippen LogP contribution in [0.25, 0.3) is 28.0 Å². The Morgan fingerprint density at radius 3 is 2.59 bits per heavy atom. The summed E-state index contributed by atoms with van der Waals surface area (Å²) in [7, 11) is 0. The molecule has 148 valence electrons. The van der Waals surface area contributed by atoms with E-state index in [1.54, 1.807) is 0 Å². The van der Waals surface area contributed by atoms with Crippen LogP contribution in [0.4, 0.5) is 4.39 Å². The molecule has 1 saturated heterocycles. The molecule has 2 aliphatic heterocycles. The number of nitrogens with zero attached hydrogens (tertiary/aromatic N) is 2. The number of pyridine rings is 1. The van der Waals surface area contributed by atoms with Gasteiger partial charge in [0.2, 0.25) is 0 Å². The van der Waals surface area contributed by atoms with Gasteiger partial charge < -0.3 is 4.98 Å². The van der Waals surface area contributed by atoms with Gasteiger partial charge in [0.15, 0.2) is 0 Å². The molecule has 0 spiro atoms. The molecule has 2 aliphatic rings. The first kappa shape index (κ1) is 18.3. The Hall–Kier alpha value is -2.72. The third kappa shape index (κ3) is 3.42. The van der Waals surface area contributed by atoms with Crippen molar-refractivity contribution < 1.29 is 4.39 Å². The second-order valence-electron chi connectivity index (χ2n) is 9.04. The molecule has 3 nitrogen and oxygen atoms in total. The summed E-state index contributed by atoms with van der Waals surface area (Å²) in [6.07, 6.45) is 10.5. The average molecular weight is 388 g/mol. The van der Waals surface area contributed by atoms with E-state index in [-0.39, 0.29) is 5.82 Å². The van der Waals surface area contributed by atoms with E-state index >= 15 is 0 Å². The Kier molecular flexibility index (Phi) is 4.39. The molecule has 0 aliphatic carbocycles. The summed E-state index contributed by atoms with van der Waals surface area (Å²) in [6.45, 7) is 7.01. The van der Waals surface area contributed by atoms with Crippen LogP contribution in [0.3, 0.4) is 0 Å². The first-order valence-electron chi connectivity index (χ1n) is 10.3. The van der Waals surface area contributed by atoms with Crippen LogP contribution in [0.2, 0.25) is 0 Å². The molecule has 1 atom stereocenters. The van der Waals surface area contributed by atoms with Crippen molar-refractivity contribution in [3.8, 4) is 22.4 Å². The summed E-state index contributed by atoms with van der Waals surface area (Å²) in [5.41, 5.74) is 7.36. The molecule has 1 N–H and O–H groups in total. The maximum Gasteiger partial charge on any atom is 0.123 e. The van der Waals surface area contributed by atoms with Gasteiger partial charge in [0.25, 0.3) is 0 Å². The number of hydrogen-bond acceptors (Lipinski definition) is 2. The van der Waals surface area contributed by atoms with Crippen LogP contribution in [0.15, 0.2) is 61.1 Å². The quantitative estimate of drug-likeness (QED) is 0.619. The number of aromatic nitrogens is 2. The number of nitrogens with one attached hydrogen (secondary N) is 1. The normalized spacial score (nSPS) is 21.1. The van der Waals surface area contributed by atoms with Crippen molar-refractivity contribution in [3.05, 3.63) is 72.4 Å². The number of H-pyrrole nitrogens is 1. The lowest BCUT2D eigenvalue weighted by molar-refractivity contribution is 0.266. The summed E-state index contributed by atoms with van der Waals surface area (Å²) in [4.78, 5) is 10.3. The highest BCUT2D eigenvalue weighted by atomic mass is 19.1. The fourth-order valence-electron chi connectivity index (χ4n) is 4.98. The summed E-state index contributed by atoms with van der Waals surface area (Å²) in [5, 5.41) is 0. The molecule has 1 fully saturated rings. The third-order valence-electron chi connectivity index (χ3n) is 6.25. The Morgan fingerprint density at radius 1 is 1.07 bits per heavy atom. The van der Waals surface area contributed by atoms with Crippen molar-refractivity contribution in [2.45, 2.75) is 32.7 Å². The minimum Gasteiger partial charge on any atom is -0.360 e. The van der Waals surface area contributed by atoms with Crippen molar-refractivity contribution in [3.63, 3.8) is 0 Å². The van der Waals surface area contributed by atoms with Crippen LogP contribution < -0.4 is 0 Å². The van der Waals surface area contributed by atoms with Crippen molar-refractivity contribution in [1.29, 1.82) is 0 Å².